The van der Waals surface area contributed by atoms with Crippen LogP contribution in [-0.2, 0) is 47.1 Å². The first-order valence-corrected chi connectivity index (χ1v) is 18.0. The number of halogens is 2. The minimum atomic E-state index is -2.94. The summed E-state index contributed by atoms with van der Waals surface area (Å²) in [4.78, 5) is 0. The fourth-order valence-corrected chi connectivity index (χ4v) is 10.3. The number of phenols is 2. The Morgan fingerprint density at radius 3 is 1.23 bits per heavy atom. The Morgan fingerprint density at radius 1 is 0.686 bits per heavy atom. The number of aromatic hydroxyl groups is 2. The second kappa shape index (κ2) is 12.8. The quantitative estimate of drug-likeness (QED) is 0.232. The third-order valence-electron chi connectivity index (χ3n) is 5.32. The van der Waals surface area contributed by atoms with Gasteiger partial charge in [0.05, 0.1) is 46.0 Å². The Labute approximate surface area is 235 Å². The van der Waals surface area contributed by atoms with E-state index in [2.05, 4.69) is 31.9 Å². The number of phenolic OH excluding ortho intramolecular Hbond substituents is 2. The van der Waals surface area contributed by atoms with Gasteiger partial charge in [0.2, 0.25) is 13.0 Å². The summed E-state index contributed by atoms with van der Waals surface area (Å²) in [6.45, 7) is 6.99. The Morgan fingerprint density at radius 2 is 0.971 bits per heavy atom. The van der Waals surface area contributed by atoms with Crippen LogP contribution in [-0.4, -0.2) is 36.6 Å². The molecule has 2 aromatic carbocycles. The molecule has 0 aliphatic rings. The summed E-state index contributed by atoms with van der Waals surface area (Å²) < 4.78 is 24.4. The molecule has 2 aromatic rings. The van der Waals surface area contributed by atoms with Gasteiger partial charge in [-0.1, -0.05) is 13.8 Å². The second-order valence-corrected chi connectivity index (χ2v) is 16.5. The molecule has 0 atom stereocenters. The molecule has 196 valence electrons. The molecule has 0 saturated carbocycles. The lowest BCUT2D eigenvalue weighted by atomic mass is 9.78. The van der Waals surface area contributed by atoms with Gasteiger partial charge in [-0.05, 0) is 119 Å². The summed E-state index contributed by atoms with van der Waals surface area (Å²) in [5.74, 6) is 0.0103. The Balaban J connectivity index is 2.78. The van der Waals surface area contributed by atoms with Crippen LogP contribution in [0.15, 0.2) is 33.2 Å². The molecule has 0 saturated heterocycles. The van der Waals surface area contributed by atoms with Crippen LogP contribution in [0.2, 0.25) is 0 Å². The van der Waals surface area contributed by atoms with Crippen LogP contribution >= 0.6 is 44.8 Å². The zero-order valence-corrected chi connectivity index (χ0v) is 27.2. The van der Waals surface area contributed by atoms with Crippen molar-refractivity contribution in [1.29, 1.82) is 0 Å². The summed E-state index contributed by atoms with van der Waals surface area (Å²) in [6.07, 6.45) is 0. The molecule has 35 heavy (non-hydrogen) atoms. The fourth-order valence-electron chi connectivity index (χ4n) is 3.51. The Bertz CT molecular complexity index is 1050. The van der Waals surface area contributed by atoms with Gasteiger partial charge in [0.25, 0.3) is 0 Å². The van der Waals surface area contributed by atoms with Gasteiger partial charge in [0.1, 0.15) is 11.5 Å². The molecule has 0 amide bonds. The van der Waals surface area contributed by atoms with Gasteiger partial charge in [-0.2, -0.15) is 0 Å². The lowest BCUT2D eigenvalue weighted by Crippen LogP contribution is -2.24. The predicted octanol–water partition coefficient (Wildman–Crippen LogP) is 6.96. The zero-order chi connectivity index (χ0) is 26.6. The van der Waals surface area contributed by atoms with Gasteiger partial charge in [-0.25, -0.2) is 0 Å². The average Bonchev–Trinajstić information content (AvgIpc) is 2.77. The maximum atomic E-state index is 10.9. The van der Waals surface area contributed by atoms with Crippen molar-refractivity contribution in [3.05, 3.63) is 44.3 Å². The molecule has 0 aliphatic heterocycles. The van der Waals surface area contributed by atoms with Crippen molar-refractivity contribution in [2.75, 3.05) is 26.4 Å². The van der Waals surface area contributed by atoms with Gasteiger partial charge < -0.3 is 28.3 Å². The van der Waals surface area contributed by atoms with Crippen LogP contribution in [0.4, 0.5) is 0 Å². The highest BCUT2D eigenvalue weighted by atomic mass is 79.9. The van der Waals surface area contributed by atoms with E-state index in [0.717, 1.165) is 11.1 Å². The zero-order valence-electron chi connectivity index (χ0n) is 20.6. The normalized spacial score (nSPS) is 12.8. The van der Waals surface area contributed by atoms with Crippen LogP contribution in [0.3, 0.4) is 0 Å². The summed E-state index contributed by atoms with van der Waals surface area (Å²) >= 11 is 18.5. The number of hydrogen-bond donors (Lipinski definition) is 2. The summed E-state index contributed by atoms with van der Waals surface area (Å²) in [6, 6.07) is 7.37. The van der Waals surface area contributed by atoms with E-state index in [4.69, 9.17) is 41.7 Å². The highest BCUT2D eigenvalue weighted by Gasteiger charge is 2.34. The molecule has 2 N–H and O–H groups in total. The van der Waals surface area contributed by atoms with Crippen LogP contribution in [0.25, 0.3) is 0 Å². The van der Waals surface area contributed by atoms with Crippen LogP contribution in [0.5, 0.6) is 11.5 Å². The van der Waals surface area contributed by atoms with Gasteiger partial charge in [-0.15, -0.1) is 0 Å². The smallest absolute Gasteiger partial charge is 0.223 e. The molecule has 0 unspecified atom stereocenters. The first-order valence-electron chi connectivity index (χ1n) is 11.2. The molecule has 12 heteroatoms. The van der Waals surface area contributed by atoms with Crippen molar-refractivity contribution >= 4 is 79.1 Å². The monoisotopic (exact) mass is 688 g/mol. The third-order valence-corrected chi connectivity index (χ3v) is 13.2. The van der Waals surface area contributed by atoms with Crippen molar-refractivity contribution < 1.29 is 28.3 Å². The van der Waals surface area contributed by atoms with Crippen LogP contribution in [0.1, 0.15) is 52.7 Å². The van der Waals surface area contributed by atoms with E-state index in [1.54, 1.807) is 0 Å². The standard InChI is InChI=1S/C23H32Br2O6P2S2/c1-7-28-32(34,29-8-2)19-13-15(11-17(24)21(19)26)23(5,6)16-12-18(25)22(27)20(14-16)33(35,30-9-3)31-10-4/h11-14,26-27H,7-10H2,1-6H3. The number of benzene rings is 2. The second-order valence-electron chi connectivity index (χ2n) is 7.94. The molecule has 0 spiro atoms. The number of rotatable bonds is 12. The van der Waals surface area contributed by atoms with E-state index in [1.807, 2.05) is 65.8 Å². The molecule has 0 bridgehead atoms. The molecular formula is C23H32Br2O6P2S2. The van der Waals surface area contributed by atoms with Crippen molar-refractivity contribution in [3.63, 3.8) is 0 Å². The molecule has 0 aromatic heterocycles. The molecule has 2 rings (SSSR count). The molecular weight excluding hydrogens is 658 g/mol. The largest absolute Gasteiger partial charge is 0.506 e. The Kier molecular flexibility index (Phi) is 11.5. The minimum Gasteiger partial charge on any atom is -0.506 e. The van der Waals surface area contributed by atoms with E-state index in [-0.39, 0.29) is 11.5 Å². The summed E-state index contributed by atoms with van der Waals surface area (Å²) in [5.41, 5.74) is 1.11. The van der Waals surface area contributed by atoms with Crippen molar-refractivity contribution in [2.24, 2.45) is 0 Å². The molecule has 0 radical (unpaired) electrons. The van der Waals surface area contributed by atoms with E-state index < -0.39 is 18.4 Å². The van der Waals surface area contributed by atoms with Crippen molar-refractivity contribution in [2.45, 2.75) is 47.0 Å². The van der Waals surface area contributed by atoms with Crippen LogP contribution in [0, 0.1) is 0 Å². The first kappa shape index (κ1) is 31.4. The lowest BCUT2D eigenvalue weighted by Gasteiger charge is -2.31. The molecule has 6 nitrogen and oxygen atoms in total. The minimum absolute atomic E-state index is 0.00514. The van der Waals surface area contributed by atoms with E-state index in [1.165, 1.54) is 0 Å². The topological polar surface area (TPSA) is 77.4 Å². The number of hydrogen-bond acceptors (Lipinski definition) is 8. The SMILES string of the molecule is CCOP(=S)(OCC)c1cc(C(C)(C)c2cc(Br)c(O)c(P(=S)(OCC)OCC)c2)cc(Br)c1O. The highest BCUT2D eigenvalue weighted by molar-refractivity contribution is 9.11. The fraction of sp³-hybridized carbons (Fsp3) is 0.478. The van der Waals surface area contributed by atoms with E-state index in [9.17, 15) is 10.2 Å². The van der Waals surface area contributed by atoms with Gasteiger partial charge in [0, 0.05) is 5.41 Å². The molecule has 0 fully saturated rings. The third kappa shape index (κ3) is 6.78. The highest BCUT2D eigenvalue weighted by Crippen LogP contribution is 2.53. The van der Waals surface area contributed by atoms with Crippen LogP contribution < -0.4 is 10.6 Å². The summed E-state index contributed by atoms with van der Waals surface area (Å²) in [5, 5.41) is 22.6. The summed E-state index contributed by atoms with van der Waals surface area (Å²) in [7, 11) is 0. The van der Waals surface area contributed by atoms with Crippen molar-refractivity contribution in [1.82, 2.24) is 0 Å². The van der Waals surface area contributed by atoms with Gasteiger partial charge >= 0.3 is 0 Å². The lowest BCUT2D eigenvalue weighted by molar-refractivity contribution is 0.273. The maximum absolute atomic E-state index is 10.9. The van der Waals surface area contributed by atoms with Crippen molar-refractivity contribution in [3.8, 4) is 11.5 Å². The molecule has 0 heterocycles. The van der Waals surface area contributed by atoms with E-state index in [0.29, 0.717) is 46.0 Å². The Hall–Kier alpha value is 0.140. The average molecular weight is 690 g/mol. The van der Waals surface area contributed by atoms with Gasteiger partial charge in [0.15, 0.2) is 0 Å². The maximum Gasteiger partial charge on any atom is 0.223 e. The van der Waals surface area contributed by atoms with Gasteiger partial charge in [-0.3, -0.25) is 0 Å². The first-order chi connectivity index (χ1) is 16.3. The van der Waals surface area contributed by atoms with E-state index >= 15 is 0 Å². The molecule has 0 aliphatic carbocycles. The predicted molar refractivity (Wildman–Crippen MR) is 158 cm³/mol.